The predicted octanol–water partition coefficient (Wildman–Crippen LogP) is 4.87. The third-order valence-electron chi connectivity index (χ3n) is 2.10. The third kappa shape index (κ3) is 5.95. The minimum atomic E-state index is -4.18. The van der Waals surface area contributed by atoms with E-state index in [1.807, 2.05) is 0 Å². The minimum absolute atomic E-state index is 0. The Labute approximate surface area is 117 Å². The molecule has 1 atom stereocenters. The van der Waals surface area contributed by atoms with E-state index in [1.165, 1.54) is 0 Å². The van der Waals surface area contributed by atoms with E-state index in [1.54, 1.807) is 18.2 Å². The van der Waals surface area contributed by atoms with Crippen LogP contribution in [0.1, 0.15) is 24.4 Å². The lowest BCUT2D eigenvalue weighted by molar-refractivity contribution is -0.136. The molecule has 0 saturated carbocycles. The van der Waals surface area contributed by atoms with Crippen LogP contribution in [0.4, 0.5) is 13.2 Å². The van der Waals surface area contributed by atoms with Gasteiger partial charge in [0.2, 0.25) is 0 Å². The molecule has 0 radical (unpaired) electrons. The maximum absolute atomic E-state index is 12.0. The van der Waals surface area contributed by atoms with Crippen LogP contribution in [0.25, 0.3) is 0 Å². The van der Waals surface area contributed by atoms with Gasteiger partial charge in [0.1, 0.15) is 0 Å². The Morgan fingerprint density at radius 2 is 1.94 bits per heavy atom. The molecular weight excluding hydrogens is 342 g/mol. The first-order valence-electron chi connectivity index (χ1n) is 4.57. The fraction of sp³-hybridized carbons (Fsp3) is 0.400. The van der Waals surface area contributed by atoms with E-state index in [0.717, 1.165) is 4.47 Å². The molecule has 0 fully saturated rings. The van der Waals surface area contributed by atoms with Gasteiger partial charge in [-0.3, -0.25) is 0 Å². The number of hydrogen-bond acceptors (Lipinski definition) is 1. The van der Waals surface area contributed by atoms with Crippen molar-refractivity contribution >= 4 is 39.9 Å². The number of hydrogen-bond donors (Lipinski definition) is 1. The lowest BCUT2D eigenvalue weighted by atomic mass is 10.0. The molecule has 1 aromatic rings. The zero-order chi connectivity index (χ0) is 12.3. The van der Waals surface area contributed by atoms with Crippen molar-refractivity contribution in [2.75, 3.05) is 0 Å². The van der Waals surface area contributed by atoms with Crippen LogP contribution in [0, 0.1) is 0 Å². The molecule has 1 rings (SSSR count). The van der Waals surface area contributed by atoms with Crippen LogP contribution >= 0.6 is 39.9 Å². The van der Waals surface area contributed by atoms with Crippen molar-refractivity contribution < 1.29 is 13.2 Å². The van der Waals surface area contributed by atoms with Crippen LogP contribution in [0.3, 0.4) is 0 Å². The molecule has 7 heteroatoms. The topological polar surface area (TPSA) is 26.0 Å². The van der Waals surface area contributed by atoms with E-state index in [4.69, 9.17) is 17.3 Å². The molecule has 2 N–H and O–H groups in total. The van der Waals surface area contributed by atoms with Gasteiger partial charge in [-0.05, 0) is 24.1 Å². The van der Waals surface area contributed by atoms with Crippen molar-refractivity contribution in [2.24, 2.45) is 5.73 Å². The fourth-order valence-corrected chi connectivity index (χ4v) is 2.09. The van der Waals surface area contributed by atoms with Crippen molar-refractivity contribution in [2.45, 2.75) is 25.1 Å². The predicted molar refractivity (Wildman–Crippen MR) is 68.6 cm³/mol. The monoisotopic (exact) mass is 351 g/mol. The molecular formula is C10H11BrCl2F3N. The molecule has 0 aliphatic carbocycles. The molecule has 0 saturated heterocycles. The first-order valence-corrected chi connectivity index (χ1v) is 5.74. The van der Waals surface area contributed by atoms with Gasteiger partial charge in [0.05, 0.1) is 0 Å². The summed E-state index contributed by atoms with van der Waals surface area (Å²) in [5.41, 5.74) is 6.19. The summed E-state index contributed by atoms with van der Waals surface area (Å²) in [6.45, 7) is 0. The number of alkyl halides is 3. The van der Waals surface area contributed by atoms with Crippen molar-refractivity contribution in [3.8, 4) is 0 Å². The second-order valence-corrected chi connectivity index (χ2v) is 4.75. The summed E-state index contributed by atoms with van der Waals surface area (Å²) in [5.74, 6) is 0. The first-order chi connectivity index (χ1) is 7.29. The highest BCUT2D eigenvalue weighted by atomic mass is 79.9. The van der Waals surface area contributed by atoms with E-state index in [2.05, 4.69) is 15.9 Å². The van der Waals surface area contributed by atoms with Gasteiger partial charge < -0.3 is 5.73 Å². The van der Waals surface area contributed by atoms with E-state index in [0.29, 0.717) is 10.6 Å². The number of nitrogens with two attached hydrogens (primary N) is 1. The Kier molecular flexibility index (Phi) is 6.84. The van der Waals surface area contributed by atoms with Gasteiger partial charge in [-0.15, -0.1) is 12.4 Å². The van der Waals surface area contributed by atoms with Gasteiger partial charge in [-0.2, -0.15) is 13.2 Å². The summed E-state index contributed by atoms with van der Waals surface area (Å²) in [4.78, 5) is 0. The third-order valence-corrected chi connectivity index (χ3v) is 2.92. The average Bonchev–Trinajstić information content (AvgIpc) is 2.13. The minimum Gasteiger partial charge on any atom is -0.324 e. The lowest BCUT2D eigenvalue weighted by Gasteiger charge is -2.15. The average molecular weight is 353 g/mol. The van der Waals surface area contributed by atoms with Gasteiger partial charge in [0, 0.05) is 22.0 Å². The summed E-state index contributed by atoms with van der Waals surface area (Å²) in [7, 11) is 0. The van der Waals surface area contributed by atoms with E-state index in [-0.39, 0.29) is 18.8 Å². The second kappa shape index (κ2) is 6.83. The molecule has 17 heavy (non-hydrogen) atoms. The Bertz CT molecular complexity index is 371. The van der Waals surface area contributed by atoms with Gasteiger partial charge in [0.15, 0.2) is 0 Å². The highest BCUT2D eigenvalue weighted by molar-refractivity contribution is 9.10. The van der Waals surface area contributed by atoms with Crippen LogP contribution in [0.2, 0.25) is 5.02 Å². The molecule has 0 heterocycles. The van der Waals surface area contributed by atoms with E-state index in [9.17, 15) is 13.2 Å². The van der Waals surface area contributed by atoms with E-state index < -0.39 is 18.6 Å². The molecule has 0 spiro atoms. The molecule has 1 aromatic carbocycles. The van der Waals surface area contributed by atoms with Crippen LogP contribution in [-0.2, 0) is 0 Å². The van der Waals surface area contributed by atoms with Crippen LogP contribution in [0.5, 0.6) is 0 Å². The second-order valence-electron chi connectivity index (χ2n) is 3.43. The summed E-state index contributed by atoms with van der Waals surface area (Å²) < 4.78 is 36.8. The summed E-state index contributed by atoms with van der Waals surface area (Å²) >= 11 is 9.09. The lowest BCUT2D eigenvalue weighted by Crippen LogP contribution is -2.16. The smallest absolute Gasteiger partial charge is 0.324 e. The highest BCUT2D eigenvalue weighted by Gasteiger charge is 2.28. The van der Waals surface area contributed by atoms with Crippen molar-refractivity contribution in [3.05, 3.63) is 33.3 Å². The maximum Gasteiger partial charge on any atom is 0.389 e. The highest BCUT2D eigenvalue weighted by Crippen LogP contribution is 2.30. The Hall–Kier alpha value is 0.0300. The standard InChI is InChI=1S/C10H10BrClF3N.ClH/c11-6-1-2-7(8(12)5-6)9(16)3-4-10(13,14)15;/h1-2,5,9H,3-4,16H2;1H/t9-;/m1./s1. The number of rotatable bonds is 3. The maximum atomic E-state index is 12.0. The van der Waals surface area contributed by atoms with Gasteiger partial charge >= 0.3 is 6.18 Å². The molecule has 0 unspecified atom stereocenters. The zero-order valence-electron chi connectivity index (χ0n) is 8.60. The normalized spacial score (nSPS) is 13.1. The molecule has 0 aliphatic rings. The van der Waals surface area contributed by atoms with Gasteiger partial charge in [-0.25, -0.2) is 0 Å². The fourth-order valence-electron chi connectivity index (χ4n) is 1.28. The molecule has 0 amide bonds. The molecule has 0 bridgehead atoms. The molecule has 0 aromatic heterocycles. The van der Waals surface area contributed by atoms with Gasteiger partial charge in [-0.1, -0.05) is 33.6 Å². The van der Waals surface area contributed by atoms with Gasteiger partial charge in [0.25, 0.3) is 0 Å². The molecule has 0 aliphatic heterocycles. The van der Waals surface area contributed by atoms with Crippen molar-refractivity contribution in [3.63, 3.8) is 0 Å². The van der Waals surface area contributed by atoms with Crippen LogP contribution < -0.4 is 5.73 Å². The van der Waals surface area contributed by atoms with Crippen molar-refractivity contribution in [1.29, 1.82) is 0 Å². The first kappa shape index (κ1) is 17.0. The van der Waals surface area contributed by atoms with Crippen LogP contribution in [0.15, 0.2) is 22.7 Å². The number of benzene rings is 1. The summed E-state index contributed by atoms with van der Waals surface area (Å²) in [6, 6.07) is 4.26. The largest absolute Gasteiger partial charge is 0.389 e. The summed E-state index contributed by atoms with van der Waals surface area (Å²) in [6.07, 6.45) is -5.25. The Balaban J connectivity index is 0.00000256. The summed E-state index contributed by atoms with van der Waals surface area (Å²) in [5, 5.41) is 0.379. The Morgan fingerprint density at radius 1 is 1.35 bits per heavy atom. The quantitative estimate of drug-likeness (QED) is 0.825. The SMILES string of the molecule is Cl.N[C@H](CCC(F)(F)F)c1ccc(Br)cc1Cl. The van der Waals surface area contributed by atoms with Crippen LogP contribution in [-0.4, -0.2) is 6.18 Å². The number of halogens is 6. The molecule has 1 nitrogen and oxygen atoms in total. The zero-order valence-corrected chi connectivity index (χ0v) is 11.8. The van der Waals surface area contributed by atoms with E-state index >= 15 is 0 Å². The molecule has 98 valence electrons. The Morgan fingerprint density at radius 3 is 2.41 bits per heavy atom. The van der Waals surface area contributed by atoms with Crippen molar-refractivity contribution in [1.82, 2.24) is 0 Å².